The van der Waals surface area contributed by atoms with Gasteiger partial charge in [0, 0.05) is 19.5 Å². The van der Waals surface area contributed by atoms with Crippen LogP contribution in [0.3, 0.4) is 0 Å². The lowest BCUT2D eigenvalue weighted by Gasteiger charge is -2.34. The van der Waals surface area contributed by atoms with E-state index in [0.29, 0.717) is 40.9 Å². The lowest BCUT2D eigenvalue weighted by atomic mass is 10.0. The molecule has 2 amide bonds. The minimum Gasteiger partial charge on any atom is -0.494 e. The number of rotatable bonds is 15. The number of ether oxygens (including phenoxy) is 1. The van der Waals surface area contributed by atoms with Crippen molar-refractivity contribution in [3.63, 3.8) is 0 Å². The van der Waals surface area contributed by atoms with Gasteiger partial charge in [0.2, 0.25) is 11.8 Å². The number of carbonyl (C=O) groups is 2. The number of nitrogens with zero attached hydrogens (tertiary/aromatic N) is 2. The first-order valence-electron chi connectivity index (χ1n) is 15.4. The molecule has 248 valence electrons. The first kappa shape index (κ1) is 35.8. The number of halogens is 2. The molecule has 0 fully saturated rings. The van der Waals surface area contributed by atoms with Gasteiger partial charge in [-0.3, -0.25) is 13.9 Å². The molecular formula is C36H39Cl2N3O5S. The fourth-order valence-corrected chi connectivity index (χ4v) is 6.73. The van der Waals surface area contributed by atoms with Gasteiger partial charge in [-0.2, -0.15) is 0 Å². The molecular weight excluding hydrogens is 657 g/mol. The van der Waals surface area contributed by atoms with Crippen molar-refractivity contribution in [2.75, 3.05) is 24.0 Å². The molecule has 4 rings (SSSR count). The van der Waals surface area contributed by atoms with E-state index in [0.717, 1.165) is 15.4 Å². The van der Waals surface area contributed by atoms with Crippen LogP contribution in [0.5, 0.6) is 5.75 Å². The van der Waals surface area contributed by atoms with Crippen molar-refractivity contribution in [3.8, 4) is 5.75 Å². The zero-order valence-electron chi connectivity index (χ0n) is 26.7. The van der Waals surface area contributed by atoms with Crippen molar-refractivity contribution in [1.29, 1.82) is 0 Å². The quantitative estimate of drug-likeness (QED) is 0.144. The van der Waals surface area contributed by atoms with E-state index in [1.165, 1.54) is 17.0 Å². The highest BCUT2D eigenvalue weighted by molar-refractivity contribution is 7.92. The van der Waals surface area contributed by atoms with E-state index in [9.17, 15) is 18.0 Å². The fraction of sp³-hybridized carbons (Fsp3) is 0.278. The summed E-state index contributed by atoms with van der Waals surface area (Å²) in [5.74, 6) is -0.363. The zero-order valence-corrected chi connectivity index (χ0v) is 29.0. The molecule has 0 spiro atoms. The number of amides is 2. The lowest BCUT2D eigenvalue weighted by Crippen LogP contribution is -2.53. The molecule has 0 radical (unpaired) electrons. The molecule has 4 aromatic rings. The minimum absolute atomic E-state index is 0.0194. The van der Waals surface area contributed by atoms with Crippen LogP contribution < -0.4 is 14.4 Å². The molecule has 0 aliphatic rings. The molecule has 0 bridgehead atoms. The molecule has 0 heterocycles. The van der Waals surface area contributed by atoms with E-state index in [1.807, 2.05) is 51.1 Å². The predicted octanol–water partition coefficient (Wildman–Crippen LogP) is 7.06. The van der Waals surface area contributed by atoms with Crippen molar-refractivity contribution in [2.45, 2.75) is 51.1 Å². The topological polar surface area (TPSA) is 96.0 Å². The van der Waals surface area contributed by atoms with Crippen molar-refractivity contribution in [1.82, 2.24) is 10.2 Å². The van der Waals surface area contributed by atoms with Crippen LogP contribution in [0, 0.1) is 6.92 Å². The third-order valence-electron chi connectivity index (χ3n) is 7.48. The van der Waals surface area contributed by atoms with Gasteiger partial charge in [0.25, 0.3) is 10.0 Å². The van der Waals surface area contributed by atoms with Gasteiger partial charge in [0.15, 0.2) is 0 Å². The minimum atomic E-state index is -4.22. The summed E-state index contributed by atoms with van der Waals surface area (Å²) >= 11 is 12.5. The Morgan fingerprint density at radius 1 is 0.851 bits per heavy atom. The second kappa shape index (κ2) is 16.7. The summed E-state index contributed by atoms with van der Waals surface area (Å²) in [6.45, 7) is 5.92. The highest BCUT2D eigenvalue weighted by atomic mass is 35.5. The maximum Gasteiger partial charge on any atom is 0.264 e. The Kier molecular flexibility index (Phi) is 12.7. The Morgan fingerprint density at radius 2 is 1.53 bits per heavy atom. The van der Waals surface area contributed by atoms with Crippen LogP contribution in [0.2, 0.25) is 10.0 Å². The first-order valence-corrected chi connectivity index (χ1v) is 17.6. The highest BCUT2D eigenvalue weighted by Crippen LogP contribution is 2.28. The second-order valence-electron chi connectivity index (χ2n) is 11.0. The molecule has 8 nitrogen and oxygen atoms in total. The third kappa shape index (κ3) is 9.50. The Balaban J connectivity index is 1.81. The number of hydrogen-bond acceptors (Lipinski definition) is 5. The van der Waals surface area contributed by atoms with Crippen molar-refractivity contribution < 1.29 is 22.7 Å². The molecule has 4 aromatic carbocycles. The van der Waals surface area contributed by atoms with Gasteiger partial charge in [0.1, 0.15) is 18.3 Å². The average Bonchev–Trinajstić information content (AvgIpc) is 3.06. The lowest BCUT2D eigenvalue weighted by molar-refractivity contribution is -0.140. The molecule has 1 atom stereocenters. The van der Waals surface area contributed by atoms with Gasteiger partial charge < -0.3 is 15.0 Å². The molecule has 0 aromatic heterocycles. The van der Waals surface area contributed by atoms with E-state index in [1.54, 1.807) is 54.6 Å². The van der Waals surface area contributed by atoms with Crippen LogP contribution in [-0.2, 0) is 32.6 Å². The van der Waals surface area contributed by atoms with Crippen molar-refractivity contribution >= 4 is 50.7 Å². The normalized spacial score (nSPS) is 11.9. The molecule has 0 aliphatic heterocycles. The SMILES string of the molecule is CCCNC(=O)[C@H](Cc1ccccc1)N(Cc1ccc(Cl)c(Cl)c1)C(=O)CN(c1ccc(OCC)cc1)S(=O)(=O)c1ccc(C)cc1. The van der Waals surface area contributed by atoms with Gasteiger partial charge in [-0.1, -0.05) is 84.2 Å². The Morgan fingerprint density at radius 3 is 2.15 bits per heavy atom. The molecule has 0 aliphatic carbocycles. The van der Waals surface area contributed by atoms with Crippen LogP contribution in [-0.4, -0.2) is 50.9 Å². The molecule has 11 heteroatoms. The number of anilines is 1. The maximum atomic E-state index is 14.6. The molecule has 0 saturated heterocycles. The van der Waals surface area contributed by atoms with E-state index >= 15 is 0 Å². The van der Waals surface area contributed by atoms with Crippen LogP contribution in [0.1, 0.15) is 37.0 Å². The summed E-state index contributed by atoms with van der Waals surface area (Å²) in [6, 6.07) is 26.4. The number of nitrogens with one attached hydrogen (secondary N) is 1. The maximum absolute atomic E-state index is 14.6. The number of benzene rings is 4. The molecule has 0 saturated carbocycles. The van der Waals surface area contributed by atoms with E-state index in [2.05, 4.69) is 5.32 Å². The Hall–Kier alpha value is -4.05. The van der Waals surface area contributed by atoms with Gasteiger partial charge in [-0.05, 0) is 79.9 Å². The summed E-state index contributed by atoms with van der Waals surface area (Å²) in [5, 5.41) is 3.58. The number of sulfonamides is 1. The van der Waals surface area contributed by atoms with Crippen LogP contribution in [0.25, 0.3) is 0 Å². The summed E-state index contributed by atoms with van der Waals surface area (Å²) < 4.78 is 35.0. The summed E-state index contributed by atoms with van der Waals surface area (Å²) in [6.07, 6.45) is 0.905. The standard InChI is InChI=1S/C36H39Cl2N3O5S/c1-4-21-39-36(43)34(23-27-9-7-6-8-10-27)40(24-28-13-20-32(37)33(38)22-28)35(42)25-41(29-14-16-30(17-15-29)46-5-2)47(44,45)31-18-11-26(3)12-19-31/h6-20,22,34H,4-5,21,23-25H2,1-3H3,(H,39,43)/t34-/m0/s1. The summed E-state index contributed by atoms with van der Waals surface area (Å²) in [4.78, 5) is 29.8. The molecule has 1 N–H and O–H groups in total. The third-order valence-corrected chi connectivity index (χ3v) is 10.0. The van der Waals surface area contributed by atoms with Crippen LogP contribution in [0.15, 0.2) is 102 Å². The smallest absolute Gasteiger partial charge is 0.264 e. The van der Waals surface area contributed by atoms with Crippen LogP contribution in [0.4, 0.5) is 5.69 Å². The van der Waals surface area contributed by atoms with E-state index in [4.69, 9.17) is 27.9 Å². The number of hydrogen-bond donors (Lipinski definition) is 1. The Bertz CT molecular complexity index is 1750. The summed E-state index contributed by atoms with van der Waals surface area (Å²) in [7, 11) is -4.22. The Labute approximate surface area is 287 Å². The summed E-state index contributed by atoms with van der Waals surface area (Å²) in [5.41, 5.74) is 2.63. The van der Waals surface area contributed by atoms with E-state index in [-0.39, 0.29) is 29.5 Å². The van der Waals surface area contributed by atoms with Crippen LogP contribution >= 0.6 is 23.2 Å². The van der Waals surface area contributed by atoms with Gasteiger partial charge >= 0.3 is 0 Å². The monoisotopic (exact) mass is 695 g/mol. The first-order chi connectivity index (χ1) is 22.5. The average molecular weight is 697 g/mol. The number of aryl methyl sites for hydroxylation is 1. The van der Waals surface area contributed by atoms with Gasteiger partial charge in [-0.15, -0.1) is 0 Å². The van der Waals surface area contributed by atoms with E-state index < -0.39 is 28.5 Å². The second-order valence-corrected chi connectivity index (χ2v) is 13.7. The highest BCUT2D eigenvalue weighted by Gasteiger charge is 2.34. The van der Waals surface area contributed by atoms with Crippen molar-refractivity contribution in [2.24, 2.45) is 0 Å². The number of carbonyl (C=O) groups excluding carboxylic acids is 2. The van der Waals surface area contributed by atoms with Crippen molar-refractivity contribution in [3.05, 3.63) is 124 Å². The predicted molar refractivity (Wildman–Crippen MR) is 188 cm³/mol. The molecule has 0 unspecified atom stereocenters. The molecule has 47 heavy (non-hydrogen) atoms. The largest absolute Gasteiger partial charge is 0.494 e. The fourth-order valence-electron chi connectivity index (χ4n) is 5.00. The van der Waals surface area contributed by atoms with Gasteiger partial charge in [-0.25, -0.2) is 8.42 Å². The zero-order chi connectivity index (χ0) is 34.0. The van der Waals surface area contributed by atoms with Gasteiger partial charge in [0.05, 0.1) is 27.2 Å².